The number of hydrogen-bond acceptors (Lipinski definition) is 6. The molecule has 0 unspecified atom stereocenters. The zero-order chi connectivity index (χ0) is 21.9. The van der Waals surface area contributed by atoms with Crippen LogP contribution in [0.2, 0.25) is 0 Å². The van der Waals surface area contributed by atoms with Crippen molar-refractivity contribution in [1.82, 2.24) is 0 Å². The van der Waals surface area contributed by atoms with Crippen LogP contribution in [-0.4, -0.2) is 44.2 Å². The first-order chi connectivity index (χ1) is 14.4. The molecule has 0 bridgehead atoms. The smallest absolute Gasteiger partial charge is 0.344 e. The zero-order valence-electron chi connectivity index (χ0n) is 17.5. The molecule has 0 aromatic heterocycles. The number of esters is 2. The van der Waals surface area contributed by atoms with Crippen molar-refractivity contribution in [3.8, 4) is 5.75 Å². The lowest BCUT2D eigenvalue weighted by Crippen LogP contribution is -2.39. The molecule has 30 heavy (non-hydrogen) atoms. The fourth-order valence-corrected chi connectivity index (χ4v) is 2.62. The third-order valence-electron chi connectivity index (χ3n) is 4.22. The van der Waals surface area contributed by atoms with E-state index in [2.05, 4.69) is 13.8 Å². The fraction of sp³-hybridized carbons (Fsp3) is 0.348. The molecule has 0 N–H and O–H groups in total. The normalized spacial score (nSPS) is 10.4. The number of benzene rings is 2. The van der Waals surface area contributed by atoms with E-state index in [4.69, 9.17) is 14.2 Å². The Labute approximate surface area is 176 Å². The first-order valence-electron chi connectivity index (χ1n) is 9.80. The van der Waals surface area contributed by atoms with Gasteiger partial charge >= 0.3 is 11.9 Å². The fourth-order valence-electron chi connectivity index (χ4n) is 2.62. The summed E-state index contributed by atoms with van der Waals surface area (Å²) in [5.41, 5.74) is 1.67. The lowest BCUT2D eigenvalue weighted by molar-refractivity contribution is -0.150. The van der Waals surface area contributed by atoms with Crippen LogP contribution in [0.1, 0.15) is 32.3 Å². The van der Waals surface area contributed by atoms with E-state index >= 15 is 0 Å². The van der Waals surface area contributed by atoms with E-state index < -0.39 is 24.5 Å². The van der Waals surface area contributed by atoms with Crippen LogP contribution >= 0.6 is 0 Å². The maximum absolute atomic E-state index is 12.6. The van der Waals surface area contributed by atoms with Gasteiger partial charge in [-0.05, 0) is 42.7 Å². The molecular formula is C23H27NO6. The average molecular weight is 413 g/mol. The lowest BCUT2D eigenvalue weighted by Gasteiger charge is -2.21. The number of carbonyl (C=O) groups is 3. The second-order valence-corrected chi connectivity index (χ2v) is 6.79. The largest absolute Gasteiger partial charge is 0.482 e. The van der Waals surface area contributed by atoms with Gasteiger partial charge in [0, 0.05) is 5.69 Å². The molecule has 7 nitrogen and oxygen atoms in total. The second-order valence-electron chi connectivity index (χ2n) is 6.79. The van der Waals surface area contributed by atoms with E-state index in [1.54, 1.807) is 49.4 Å². The Morgan fingerprint density at radius 2 is 1.53 bits per heavy atom. The van der Waals surface area contributed by atoms with Crippen LogP contribution in [0.25, 0.3) is 0 Å². The van der Waals surface area contributed by atoms with Crippen LogP contribution in [-0.2, 0) is 23.9 Å². The van der Waals surface area contributed by atoms with Gasteiger partial charge in [-0.15, -0.1) is 0 Å². The molecule has 2 rings (SSSR count). The van der Waals surface area contributed by atoms with Crippen LogP contribution in [0.5, 0.6) is 5.75 Å². The van der Waals surface area contributed by atoms with Crippen molar-refractivity contribution in [3.05, 3.63) is 60.2 Å². The first kappa shape index (κ1) is 22.9. The van der Waals surface area contributed by atoms with E-state index in [1.165, 1.54) is 4.90 Å². The maximum Gasteiger partial charge on any atom is 0.344 e. The number of nitrogens with zero attached hydrogens (tertiary/aromatic N) is 1. The topological polar surface area (TPSA) is 82.1 Å². The van der Waals surface area contributed by atoms with Crippen molar-refractivity contribution in [1.29, 1.82) is 0 Å². The van der Waals surface area contributed by atoms with Crippen molar-refractivity contribution in [2.45, 2.75) is 26.7 Å². The van der Waals surface area contributed by atoms with Gasteiger partial charge in [0.2, 0.25) is 0 Å². The molecule has 7 heteroatoms. The lowest BCUT2D eigenvalue weighted by atomic mass is 10.0. The molecule has 0 fully saturated rings. The molecule has 2 aromatic carbocycles. The third kappa shape index (κ3) is 7.24. The highest BCUT2D eigenvalue weighted by Gasteiger charge is 2.21. The molecule has 0 atom stereocenters. The number of rotatable bonds is 10. The van der Waals surface area contributed by atoms with Gasteiger partial charge in [0.25, 0.3) is 5.91 Å². The molecule has 0 aliphatic heterocycles. The minimum absolute atomic E-state index is 0.208. The standard InChI is InChI=1S/C23H27NO6/c1-4-28-22(26)14-24(19-8-6-5-7-9-19)21(25)15-30-23(27)16-29-20-12-10-18(11-13-20)17(2)3/h5-13,17H,4,14-16H2,1-3H3. The first-order valence-corrected chi connectivity index (χ1v) is 9.80. The van der Waals surface area contributed by atoms with E-state index in [9.17, 15) is 14.4 Å². The molecule has 0 spiro atoms. The van der Waals surface area contributed by atoms with Crippen molar-refractivity contribution >= 4 is 23.5 Å². The Hall–Kier alpha value is -3.35. The molecule has 0 saturated carbocycles. The molecule has 0 saturated heterocycles. The van der Waals surface area contributed by atoms with Crippen molar-refractivity contribution in [2.24, 2.45) is 0 Å². The third-order valence-corrected chi connectivity index (χ3v) is 4.22. The van der Waals surface area contributed by atoms with Gasteiger partial charge in [0.1, 0.15) is 12.3 Å². The van der Waals surface area contributed by atoms with Crippen LogP contribution in [0.3, 0.4) is 0 Å². The minimum atomic E-state index is -0.680. The predicted octanol–water partition coefficient (Wildman–Crippen LogP) is 3.33. The number of hydrogen-bond donors (Lipinski definition) is 0. The number of carbonyl (C=O) groups excluding carboxylic acids is 3. The quantitative estimate of drug-likeness (QED) is 0.556. The molecule has 0 aliphatic carbocycles. The summed E-state index contributed by atoms with van der Waals surface area (Å²) in [5, 5.41) is 0. The maximum atomic E-state index is 12.6. The summed E-state index contributed by atoms with van der Waals surface area (Å²) in [7, 11) is 0. The van der Waals surface area contributed by atoms with E-state index in [0.717, 1.165) is 5.56 Å². The molecule has 2 aromatic rings. The number of para-hydroxylation sites is 1. The molecule has 1 amide bonds. The Bertz CT molecular complexity index is 833. The number of anilines is 1. The summed E-state index contributed by atoms with van der Waals surface area (Å²) in [6, 6.07) is 16.1. The summed E-state index contributed by atoms with van der Waals surface area (Å²) >= 11 is 0. The second kappa shape index (κ2) is 11.6. The molecule has 0 heterocycles. The molecule has 160 valence electrons. The monoisotopic (exact) mass is 413 g/mol. The van der Waals surface area contributed by atoms with Crippen LogP contribution < -0.4 is 9.64 Å². The predicted molar refractivity (Wildman–Crippen MR) is 112 cm³/mol. The van der Waals surface area contributed by atoms with E-state index in [1.807, 2.05) is 12.1 Å². The Morgan fingerprint density at radius 3 is 2.13 bits per heavy atom. The van der Waals surface area contributed by atoms with Crippen LogP contribution in [0.4, 0.5) is 5.69 Å². The Balaban J connectivity index is 1.88. The number of ether oxygens (including phenoxy) is 3. The molecule has 0 aliphatic rings. The van der Waals surface area contributed by atoms with E-state index in [0.29, 0.717) is 17.4 Å². The highest BCUT2D eigenvalue weighted by molar-refractivity contribution is 5.99. The summed E-state index contributed by atoms with van der Waals surface area (Å²) in [5.74, 6) is -0.827. The Kier molecular flexibility index (Phi) is 8.87. The van der Waals surface area contributed by atoms with Crippen LogP contribution in [0.15, 0.2) is 54.6 Å². The summed E-state index contributed by atoms with van der Waals surface area (Å²) in [4.78, 5) is 37.6. The zero-order valence-corrected chi connectivity index (χ0v) is 17.5. The van der Waals surface area contributed by atoms with Gasteiger partial charge in [-0.25, -0.2) is 4.79 Å². The SMILES string of the molecule is CCOC(=O)CN(C(=O)COC(=O)COc1ccc(C(C)C)cc1)c1ccccc1. The van der Waals surface area contributed by atoms with E-state index in [-0.39, 0.29) is 19.8 Å². The van der Waals surface area contributed by atoms with Gasteiger partial charge in [-0.1, -0.05) is 44.2 Å². The summed E-state index contributed by atoms with van der Waals surface area (Å²) in [6.07, 6.45) is 0. The molecule has 0 radical (unpaired) electrons. The van der Waals surface area contributed by atoms with Gasteiger partial charge in [-0.3, -0.25) is 14.5 Å². The van der Waals surface area contributed by atoms with Gasteiger partial charge in [0.05, 0.1) is 6.61 Å². The van der Waals surface area contributed by atoms with Gasteiger partial charge in [-0.2, -0.15) is 0 Å². The van der Waals surface area contributed by atoms with Crippen molar-refractivity contribution in [2.75, 3.05) is 31.3 Å². The Morgan fingerprint density at radius 1 is 0.867 bits per heavy atom. The minimum Gasteiger partial charge on any atom is -0.482 e. The average Bonchev–Trinajstić information content (AvgIpc) is 2.75. The highest BCUT2D eigenvalue weighted by atomic mass is 16.6. The molecular weight excluding hydrogens is 386 g/mol. The van der Waals surface area contributed by atoms with Gasteiger partial charge in [0.15, 0.2) is 13.2 Å². The van der Waals surface area contributed by atoms with Crippen molar-refractivity contribution < 1.29 is 28.6 Å². The highest BCUT2D eigenvalue weighted by Crippen LogP contribution is 2.18. The number of amides is 1. The summed E-state index contributed by atoms with van der Waals surface area (Å²) < 4.78 is 15.3. The van der Waals surface area contributed by atoms with Gasteiger partial charge < -0.3 is 14.2 Å². The van der Waals surface area contributed by atoms with Crippen LogP contribution in [0, 0.1) is 0 Å². The van der Waals surface area contributed by atoms with Crippen molar-refractivity contribution in [3.63, 3.8) is 0 Å². The summed E-state index contributed by atoms with van der Waals surface area (Å²) in [6.45, 7) is 4.97.